The lowest BCUT2D eigenvalue weighted by Gasteiger charge is -2.03. The molecule has 68 valence electrons. The molecule has 2 nitrogen and oxygen atoms in total. The van der Waals surface area contributed by atoms with E-state index in [-0.39, 0.29) is 0 Å². The lowest BCUT2D eigenvalue weighted by atomic mass is 10.2. The van der Waals surface area contributed by atoms with Gasteiger partial charge in [-0.25, -0.2) is 4.99 Å². The van der Waals surface area contributed by atoms with Crippen molar-refractivity contribution in [3.8, 4) is 5.75 Å². The Morgan fingerprint density at radius 2 is 2.08 bits per heavy atom. The molecule has 0 aliphatic rings. The molecular weight excluding hydrogens is 182 g/mol. The molecule has 0 unspecified atom stereocenters. The number of benzene rings is 1. The highest BCUT2D eigenvalue weighted by Crippen LogP contribution is 2.10. The number of hydrogen-bond acceptors (Lipinski definition) is 3. The molecule has 0 amide bonds. The van der Waals surface area contributed by atoms with E-state index in [4.69, 9.17) is 4.74 Å². The van der Waals surface area contributed by atoms with Crippen molar-refractivity contribution in [2.24, 2.45) is 4.99 Å². The van der Waals surface area contributed by atoms with Gasteiger partial charge in [-0.15, -0.1) is 0 Å². The van der Waals surface area contributed by atoms with E-state index in [1.807, 2.05) is 31.2 Å². The van der Waals surface area contributed by atoms with Crippen LogP contribution in [-0.4, -0.2) is 18.3 Å². The van der Waals surface area contributed by atoms with Crippen LogP contribution in [0.5, 0.6) is 5.75 Å². The Bertz CT molecular complexity index is 301. The number of isothiocyanates is 1. The quantitative estimate of drug-likeness (QED) is 0.416. The Hall–Kier alpha value is -1.18. The van der Waals surface area contributed by atoms with Crippen LogP contribution in [0.25, 0.3) is 0 Å². The van der Waals surface area contributed by atoms with Crippen molar-refractivity contribution >= 4 is 17.4 Å². The number of rotatable bonds is 4. The van der Waals surface area contributed by atoms with Gasteiger partial charge in [-0.05, 0) is 31.3 Å². The maximum Gasteiger partial charge on any atom is 0.119 e. The maximum absolute atomic E-state index is 5.38. The fraction of sp³-hybridized carbons (Fsp3) is 0.300. The van der Waals surface area contributed by atoms with Crippen molar-refractivity contribution < 1.29 is 4.74 Å². The fourth-order valence-corrected chi connectivity index (χ4v) is 0.981. The summed E-state index contributed by atoms with van der Waals surface area (Å²) in [7, 11) is 0. The molecule has 13 heavy (non-hydrogen) atoms. The molecule has 0 N–H and O–H groups in total. The van der Waals surface area contributed by atoms with Gasteiger partial charge in [0.2, 0.25) is 0 Å². The van der Waals surface area contributed by atoms with Crippen molar-refractivity contribution in [3.05, 3.63) is 29.8 Å². The molecular formula is C10H11NOS. The Morgan fingerprint density at radius 1 is 1.38 bits per heavy atom. The fourth-order valence-electron chi connectivity index (χ4n) is 0.889. The van der Waals surface area contributed by atoms with Crippen LogP contribution >= 0.6 is 12.2 Å². The highest BCUT2D eigenvalue weighted by atomic mass is 32.1. The molecule has 0 aliphatic carbocycles. The second-order valence-corrected chi connectivity index (χ2v) is 2.82. The summed E-state index contributed by atoms with van der Waals surface area (Å²) in [5.41, 5.74) is 1.23. The van der Waals surface area contributed by atoms with E-state index in [2.05, 4.69) is 22.4 Å². The Kier molecular flexibility index (Phi) is 4.16. The SMILES string of the molecule is Cc1ccc(OCCN=C=S)cc1. The summed E-state index contributed by atoms with van der Waals surface area (Å²) in [5.74, 6) is 0.866. The van der Waals surface area contributed by atoms with Crippen LogP contribution in [0.3, 0.4) is 0 Å². The number of aryl methyl sites for hydroxylation is 1. The number of hydrogen-bond donors (Lipinski definition) is 0. The van der Waals surface area contributed by atoms with Crippen molar-refractivity contribution in [1.29, 1.82) is 0 Å². The lowest BCUT2D eigenvalue weighted by molar-refractivity contribution is 0.329. The molecule has 0 heterocycles. The minimum Gasteiger partial charge on any atom is -0.492 e. The van der Waals surface area contributed by atoms with Gasteiger partial charge < -0.3 is 4.74 Å². The van der Waals surface area contributed by atoms with Crippen molar-refractivity contribution in [2.75, 3.05) is 13.2 Å². The van der Waals surface area contributed by atoms with Gasteiger partial charge in [-0.3, -0.25) is 0 Å². The first-order valence-corrected chi connectivity index (χ1v) is 4.47. The van der Waals surface area contributed by atoms with Gasteiger partial charge in [0.1, 0.15) is 12.4 Å². The molecule has 0 bridgehead atoms. The van der Waals surface area contributed by atoms with Crippen molar-refractivity contribution in [3.63, 3.8) is 0 Å². The predicted octanol–water partition coefficient (Wildman–Crippen LogP) is 2.48. The lowest BCUT2D eigenvalue weighted by Crippen LogP contribution is -2.00. The zero-order valence-electron chi connectivity index (χ0n) is 7.49. The number of ether oxygens (including phenoxy) is 1. The highest BCUT2D eigenvalue weighted by Gasteiger charge is 1.90. The van der Waals surface area contributed by atoms with Crippen LogP contribution in [0.2, 0.25) is 0 Å². The van der Waals surface area contributed by atoms with Gasteiger partial charge in [0.25, 0.3) is 0 Å². The highest BCUT2D eigenvalue weighted by molar-refractivity contribution is 7.78. The summed E-state index contributed by atoms with van der Waals surface area (Å²) in [6.45, 7) is 3.16. The first kappa shape index (κ1) is 9.90. The predicted molar refractivity (Wildman–Crippen MR) is 56.6 cm³/mol. The molecule has 0 aliphatic heterocycles. The average Bonchev–Trinajstić information content (AvgIpc) is 2.15. The summed E-state index contributed by atoms with van der Waals surface area (Å²) in [6.07, 6.45) is 0. The summed E-state index contributed by atoms with van der Waals surface area (Å²) < 4.78 is 5.38. The molecule has 1 rings (SSSR count). The van der Waals surface area contributed by atoms with E-state index in [0.29, 0.717) is 13.2 Å². The first-order valence-electron chi connectivity index (χ1n) is 4.06. The van der Waals surface area contributed by atoms with Gasteiger partial charge in [0, 0.05) is 0 Å². The van der Waals surface area contributed by atoms with E-state index < -0.39 is 0 Å². The molecule has 0 saturated carbocycles. The zero-order chi connectivity index (χ0) is 9.52. The topological polar surface area (TPSA) is 21.6 Å². The number of nitrogens with zero attached hydrogens (tertiary/aromatic N) is 1. The average molecular weight is 193 g/mol. The van der Waals surface area contributed by atoms with Crippen LogP contribution in [0, 0.1) is 6.92 Å². The minimum absolute atomic E-state index is 0.548. The molecule has 0 radical (unpaired) electrons. The molecule has 0 spiro atoms. The third-order valence-corrected chi connectivity index (χ3v) is 1.69. The summed E-state index contributed by atoms with van der Waals surface area (Å²) >= 11 is 4.43. The van der Waals surface area contributed by atoms with Crippen molar-refractivity contribution in [1.82, 2.24) is 0 Å². The summed E-state index contributed by atoms with van der Waals surface area (Å²) in [4.78, 5) is 3.74. The van der Waals surface area contributed by atoms with E-state index >= 15 is 0 Å². The minimum atomic E-state index is 0.548. The van der Waals surface area contributed by atoms with Crippen LogP contribution in [0.1, 0.15) is 5.56 Å². The van der Waals surface area contributed by atoms with Crippen LogP contribution < -0.4 is 4.74 Å². The third kappa shape index (κ3) is 3.83. The molecule has 0 fully saturated rings. The summed E-state index contributed by atoms with van der Waals surface area (Å²) in [5, 5.41) is 2.29. The van der Waals surface area contributed by atoms with Crippen LogP contribution in [0.15, 0.2) is 29.3 Å². The van der Waals surface area contributed by atoms with Gasteiger partial charge in [0.15, 0.2) is 0 Å². The number of thiocarbonyl (C=S) groups is 1. The molecule has 1 aromatic rings. The Morgan fingerprint density at radius 3 is 2.69 bits per heavy atom. The van der Waals surface area contributed by atoms with E-state index in [9.17, 15) is 0 Å². The maximum atomic E-state index is 5.38. The second kappa shape index (κ2) is 5.46. The number of aliphatic imine (C=N–C) groups is 1. The molecule has 0 saturated heterocycles. The van der Waals surface area contributed by atoms with Crippen molar-refractivity contribution in [2.45, 2.75) is 6.92 Å². The summed E-state index contributed by atoms with van der Waals surface area (Å²) in [6, 6.07) is 7.91. The zero-order valence-corrected chi connectivity index (χ0v) is 8.30. The van der Waals surface area contributed by atoms with E-state index in [1.54, 1.807) is 0 Å². The molecule has 0 aromatic heterocycles. The Balaban J connectivity index is 2.37. The normalized spacial score (nSPS) is 9.00. The first-order chi connectivity index (χ1) is 6.33. The van der Waals surface area contributed by atoms with Gasteiger partial charge in [-0.1, -0.05) is 17.7 Å². The van der Waals surface area contributed by atoms with Crippen LogP contribution in [-0.2, 0) is 0 Å². The van der Waals surface area contributed by atoms with Gasteiger partial charge >= 0.3 is 0 Å². The third-order valence-electron chi connectivity index (χ3n) is 1.56. The van der Waals surface area contributed by atoms with E-state index in [0.717, 1.165) is 5.75 Å². The standard InChI is InChI=1S/C10H11NOS/c1-9-2-4-10(5-3-9)12-7-6-11-8-13/h2-5H,6-7H2,1H3. The smallest absolute Gasteiger partial charge is 0.119 e. The Labute approximate surface area is 83.3 Å². The van der Waals surface area contributed by atoms with Crippen LogP contribution in [0.4, 0.5) is 0 Å². The largest absolute Gasteiger partial charge is 0.492 e. The monoisotopic (exact) mass is 193 g/mol. The molecule has 1 aromatic carbocycles. The second-order valence-electron chi connectivity index (χ2n) is 2.63. The van der Waals surface area contributed by atoms with Gasteiger partial charge in [0.05, 0.1) is 11.7 Å². The van der Waals surface area contributed by atoms with Gasteiger partial charge in [-0.2, -0.15) is 0 Å². The molecule has 3 heteroatoms. The van der Waals surface area contributed by atoms with E-state index in [1.165, 1.54) is 5.56 Å². The molecule has 0 atom stereocenters.